The van der Waals surface area contributed by atoms with Crippen molar-refractivity contribution in [3.8, 4) is 0 Å². The highest BCUT2D eigenvalue weighted by atomic mass is 16.6. The van der Waals surface area contributed by atoms with Crippen LogP contribution in [-0.2, 0) is 9.47 Å². The highest BCUT2D eigenvalue weighted by Gasteiger charge is 2.16. The first-order valence-corrected chi connectivity index (χ1v) is 6.23. The van der Waals surface area contributed by atoms with E-state index >= 15 is 0 Å². The molecular weight excluding hydrogens is 220 g/mol. The molecule has 0 saturated carbocycles. The molecule has 1 heterocycles. The quantitative estimate of drug-likeness (QED) is 0.712. The minimum absolute atomic E-state index is 0.358. The zero-order chi connectivity index (χ0) is 12.7. The minimum atomic E-state index is -0.432. The third-order valence-corrected chi connectivity index (χ3v) is 2.43. The molecule has 2 N–H and O–H groups in total. The Morgan fingerprint density at radius 3 is 2.76 bits per heavy atom. The van der Waals surface area contributed by atoms with Crippen molar-refractivity contribution in [3.05, 3.63) is 0 Å². The Bertz CT molecular complexity index is 232. The highest BCUT2D eigenvalue weighted by molar-refractivity contribution is 5.67. The molecule has 5 nitrogen and oxygen atoms in total. The van der Waals surface area contributed by atoms with Crippen molar-refractivity contribution in [3.63, 3.8) is 0 Å². The average molecular weight is 244 g/mol. The van der Waals surface area contributed by atoms with Gasteiger partial charge in [0.05, 0.1) is 6.61 Å². The third-order valence-electron chi connectivity index (χ3n) is 2.43. The maximum Gasteiger partial charge on any atom is 0.407 e. The summed E-state index contributed by atoms with van der Waals surface area (Å²) in [6.45, 7) is 9.59. The first kappa shape index (κ1) is 14.3. The van der Waals surface area contributed by atoms with Crippen LogP contribution in [0.5, 0.6) is 0 Å². The molecule has 1 unspecified atom stereocenters. The molecule has 1 aliphatic heterocycles. The summed E-state index contributed by atoms with van der Waals surface area (Å²) in [7, 11) is 0. The molecule has 1 fully saturated rings. The number of hydrogen-bond donors (Lipinski definition) is 2. The zero-order valence-corrected chi connectivity index (χ0v) is 11.0. The SMILES string of the molecule is CC(C)(C)OC(=O)NCCNCC1CCOC1. The van der Waals surface area contributed by atoms with Gasteiger partial charge in [-0.3, -0.25) is 0 Å². The van der Waals surface area contributed by atoms with Gasteiger partial charge in [-0.05, 0) is 33.1 Å². The molecule has 0 bridgehead atoms. The van der Waals surface area contributed by atoms with Gasteiger partial charge in [-0.25, -0.2) is 4.79 Å². The molecule has 1 amide bonds. The lowest BCUT2D eigenvalue weighted by Crippen LogP contribution is -2.37. The Balaban J connectivity index is 1.94. The summed E-state index contributed by atoms with van der Waals surface area (Å²) < 4.78 is 10.4. The Kier molecular flexibility index (Phi) is 5.71. The monoisotopic (exact) mass is 244 g/mol. The largest absolute Gasteiger partial charge is 0.444 e. The number of rotatable bonds is 5. The van der Waals surface area contributed by atoms with E-state index in [0.717, 1.165) is 32.7 Å². The fraction of sp³-hybridized carbons (Fsp3) is 0.917. The summed E-state index contributed by atoms with van der Waals surface area (Å²) in [5, 5.41) is 6.00. The number of ether oxygens (including phenoxy) is 2. The van der Waals surface area contributed by atoms with E-state index in [2.05, 4.69) is 10.6 Å². The van der Waals surface area contributed by atoms with E-state index in [1.54, 1.807) is 0 Å². The first-order chi connectivity index (χ1) is 7.97. The number of hydrogen-bond acceptors (Lipinski definition) is 4. The van der Waals surface area contributed by atoms with E-state index in [0.29, 0.717) is 12.5 Å². The molecule has 0 spiro atoms. The average Bonchev–Trinajstić information content (AvgIpc) is 2.67. The molecule has 1 atom stereocenters. The molecule has 0 aliphatic carbocycles. The topological polar surface area (TPSA) is 59.6 Å². The standard InChI is InChI=1S/C12H24N2O3/c1-12(2,3)17-11(15)14-6-5-13-8-10-4-7-16-9-10/h10,13H,4-9H2,1-3H3,(H,14,15). The predicted molar refractivity (Wildman–Crippen MR) is 66.0 cm³/mol. The van der Waals surface area contributed by atoms with E-state index < -0.39 is 5.60 Å². The minimum Gasteiger partial charge on any atom is -0.444 e. The van der Waals surface area contributed by atoms with Crippen molar-refractivity contribution in [1.82, 2.24) is 10.6 Å². The second-order valence-electron chi connectivity index (χ2n) is 5.36. The van der Waals surface area contributed by atoms with Crippen molar-refractivity contribution in [1.29, 1.82) is 0 Å². The molecule has 5 heteroatoms. The Hall–Kier alpha value is -0.810. The molecular formula is C12H24N2O3. The maximum absolute atomic E-state index is 11.3. The van der Waals surface area contributed by atoms with Crippen LogP contribution >= 0.6 is 0 Å². The van der Waals surface area contributed by atoms with E-state index in [9.17, 15) is 4.79 Å². The number of carbonyl (C=O) groups is 1. The van der Waals surface area contributed by atoms with Crippen LogP contribution in [0.15, 0.2) is 0 Å². The van der Waals surface area contributed by atoms with Crippen LogP contribution in [0.3, 0.4) is 0 Å². The van der Waals surface area contributed by atoms with Crippen molar-refractivity contribution < 1.29 is 14.3 Å². The fourth-order valence-electron chi connectivity index (χ4n) is 1.62. The molecule has 100 valence electrons. The van der Waals surface area contributed by atoms with Gasteiger partial charge in [-0.15, -0.1) is 0 Å². The lowest BCUT2D eigenvalue weighted by atomic mass is 10.1. The van der Waals surface area contributed by atoms with Crippen LogP contribution in [0, 0.1) is 5.92 Å². The Morgan fingerprint density at radius 1 is 1.41 bits per heavy atom. The van der Waals surface area contributed by atoms with Crippen LogP contribution < -0.4 is 10.6 Å². The summed E-state index contributed by atoms with van der Waals surface area (Å²) in [5.74, 6) is 0.622. The van der Waals surface area contributed by atoms with Gasteiger partial charge in [0.15, 0.2) is 0 Å². The molecule has 0 radical (unpaired) electrons. The molecule has 1 rings (SSSR count). The lowest BCUT2D eigenvalue weighted by Gasteiger charge is -2.19. The van der Waals surface area contributed by atoms with Crippen LogP contribution in [0.1, 0.15) is 27.2 Å². The van der Waals surface area contributed by atoms with Crippen molar-refractivity contribution in [2.75, 3.05) is 32.8 Å². The third kappa shape index (κ3) is 7.18. The Labute approximate surface area is 103 Å². The van der Waals surface area contributed by atoms with Crippen LogP contribution in [0.25, 0.3) is 0 Å². The molecule has 17 heavy (non-hydrogen) atoms. The number of alkyl carbamates (subject to hydrolysis) is 1. The van der Waals surface area contributed by atoms with Crippen molar-refractivity contribution in [2.24, 2.45) is 5.92 Å². The first-order valence-electron chi connectivity index (χ1n) is 6.23. The smallest absolute Gasteiger partial charge is 0.407 e. The van der Waals surface area contributed by atoms with E-state index in [4.69, 9.17) is 9.47 Å². The van der Waals surface area contributed by atoms with Crippen molar-refractivity contribution in [2.45, 2.75) is 32.8 Å². The summed E-state index contributed by atoms with van der Waals surface area (Å²) in [6.07, 6.45) is 0.774. The van der Waals surface area contributed by atoms with E-state index in [-0.39, 0.29) is 6.09 Å². The number of amides is 1. The predicted octanol–water partition coefficient (Wildman–Crippen LogP) is 1.14. The van der Waals surface area contributed by atoms with Gasteiger partial charge in [0.1, 0.15) is 5.60 Å². The second-order valence-corrected chi connectivity index (χ2v) is 5.36. The molecule has 0 aromatic rings. The molecule has 0 aromatic heterocycles. The van der Waals surface area contributed by atoms with Gasteiger partial charge in [-0.2, -0.15) is 0 Å². The highest BCUT2D eigenvalue weighted by Crippen LogP contribution is 2.10. The lowest BCUT2D eigenvalue weighted by molar-refractivity contribution is 0.0528. The van der Waals surface area contributed by atoms with Crippen LogP contribution in [0.4, 0.5) is 4.79 Å². The van der Waals surface area contributed by atoms with Gasteiger partial charge in [0.25, 0.3) is 0 Å². The van der Waals surface area contributed by atoms with Gasteiger partial charge in [0, 0.05) is 26.2 Å². The summed E-state index contributed by atoms with van der Waals surface area (Å²) >= 11 is 0. The summed E-state index contributed by atoms with van der Waals surface area (Å²) in [6, 6.07) is 0. The van der Waals surface area contributed by atoms with Crippen LogP contribution in [0.2, 0.25) is 0 Å². The van der Waals surface area contributed by atoms with E-state index in [1.165, 1.54) is 0 Å². The molecule has 1 aliphatic rings. The van der Waals surface area contributed by atoms with E-state index in [1.807, 2.05) is 20.8 Å². The summed E-state index contributed by atoms with van der Waals surface area (Å²) in [5.41, 5.74) is -0.432. The van der Waals surface area contributed by atoms with Crippen LogP contribution in [-0.4, -0.2) is 44.5 Å². The fourth-order valence-corrected chi connectivity index (χ4v) is 1.62. The van der Waals surface area contributed by atoms with Gasteiger partial charge in [0.2, 0.25) is 0 Å². The van der Waals surface area contributed by atoms with Gasteiger partial charge in [-0.1, -0.05) is 0 Å². The normalized spacial score (nSPS) is 20.3. The maximum atomic E-state index is 11.3. The number of carbonyl (C=O) groups excluding carboxylic acids is 1. The number of nitrogens with one attached hydrogen (secondary N) is 2. The second kappa shape index (κ2) is 6.81. The van der Waals surface area contributed by atoms with Gasteiger partial charge < -0.3 is 20.1 Å². The van der Waals surface area contributed by atoms with Gasteiger partial charge >= 0.3 is 6.09 Å². The summed E-state index contributed by atoms with van der Waals surface area (Å²) in [4.78, 5) is 11.3. The Morgan fingerprint density at radius 2 is 2.18 bits per heavy atom. The van der Waals surface area contributed by atoms with Crippen molar-refractivity contribution >= 4 is 6.09 Å². The molecule has 0 aromatic carbocycles. The molecule has 1 saturated heterocycles. The zero-order valence-electron chi connectivity index (χ0n) is 11.0.